The number of carbonyl (C=O) groups is 1. The molecule has 0 aromatic carbocycles. The fourth-order valence-electron chi connectivity index (χ4n) is 2.25. The van der Waals surface area contributed by atoms with Crippen molar-refractivity contribution in [3.63, 3.8) is 0 Å². The monoisotopic (exact) mass is 317 g/mol. The summed E-state index contributed by atoms with van der Waals surface area (Å²) in [4.78, 5) is 22.2. The maximum atomic E-state index is 12.5. The average molecular weight is 318 g/mol. The van der Waals surface area contributed by atoms with E-state index >= 15 is 0 Å². The Labute approximate surface area is 130 Å². The van der Waals surface area contributed by atoms with Crippen LogP contribution < -0.4 is 5.73 Å². The molecule has 0 atom stereocenters. The van der Waals surface area contributed by atoms with Crippen LogP contribution in [0.2, 0.25) is 5.02 Å². The van der Waals surface area contributed by atoms with Gasteiger partial charge in [0.15, 0.2) is 0 Å². The van der Waals surface area contributed by atoms with Crippen molar-refractivity contribution < 1.29 is 4.79 Å². The molecule has 0 aliphatic rings. The Hall–Kier alpha value is -1.98. The molecule has 2 N–H and O–H groups in total. The van der Waals surface area contributed by atoms with Gasteiger partial charge in [0.05, 0.1) is 16.4 Å². The quantitative estimate of drug-likeness (QED) is 0.730. The molecule has 3 heterocycles. The third-order valence-electron chi connectivity index (χ3n) is 3.35. The number of halogens is 1. The van der Waals surface area contributed by atoms with E-state index in [4.69, 9.17) is 17.3 Å². The Morgan fingerprint density at radius 3 is 2.81 bits per heavy atom. The summed E-state index contributed by atoms with van der Waals surface area (Å²) in [6.07, 6.45) is 3.16. The summed E-state index contributed by atoms with van der Waals surface area (Å²) in [6, 6.07) is 3.44. The first-order chi connectivity index (χ1) is 10.0. The number of aromatic nitrogens is 2. The van der Waals surface area contributed by atoms with Crippen LogP contribution in [0.5, 0.6) is 0 Å². The lowest BCUT2D eigenvalue weighted by molar-refractivity contribution is 0.104. The lowest BCUT2D eigenvalue weighted by atomic mass is 10.1. The third kappa shape index (κ3) is 2.18. The van der Waals surface area contributed by atoms with Crippen molar-refractivity contribution in [2.45, 2.75) is 13.8 Å². The van der Waals surface area contributed by atoms with Crippen LogP contribution in [0.4, 0.5) is 5.69 Å². The highest BCUT2D eigenvalue weighted by Crippen LogP contribution is 2.38. The molecular formula is C15H12ClN3OS. The Morgan fingerprint density at radius 2 is 2.14 bits per heavy atom. The number of nitrogen functional groups attached to an aromatic ring is 1. The number of carbonyl (C=O) groups excluding carboxylic acids is 1. The van der Waals surface area contributed by atoms with E-state index in [0.29, 0.717) is 21.2 Å². The molecule has 0 fully saturated rings. The highest BCUT2D eigenvalue weighted by atomic mass is 35.5. The molecule has 4 nitrogen and oxygen atoms in total. The zero-order valence-corrected chi connectivity index (χ0v) is 13.0. The van der Waals surface area contributed by atoms with Crippen LogP contribution in [0, 0.1) is 13.8 Å². The number of anilines is 1. The van der Waals surface area contributed by atoms with Gasteiger partial charge >= 0.3 is 0 Å². The molecule has 0 spiro atoms. The van der Waals surface area contributed by atoms with Crippen LogP contribution in [0.3, 0.4) is 0 Å². The SMILES string of the molecule is Cc1nc2sc(C(=O)c3cccnc3)c(N)c2c(C)c1Cl. The summed E-state index contributed by atoms with van der Waals surface area (Å²) < 4.78 is 0. The molecule has 0 radical (unpaired) electrons. The van der Waals surface area contributed by atoms with Crippen LogP contribution in [-0.4, -0.2) is 15.8 Å². The summed E-state index contributed by atoms with van der Waals surface area (Å²) in [5.41, 5.74) is 8.72. The number of nitrogens with two attached hydrogens (primary N) is 1. The van der Waals surface area contributed by atoms with E-state index in [-0.39, 0.29) is 5.78 Å². The van der Waals surface area contributed by atoms with Gasteiger partial charge in [0, 0.05) is 23.3 Å². The van der Waals surface area contributed by atoms with Gasteiger partial charge in [-0.1, -0.05) is 11.6 Å². The molecule has 0 aliphatic carbocycles. The lowest BCUT2D eigenvalue weighted by Crippen LogP contribution is -2.02. The highest BCUT2D eigenvalue weighted by Gasteiger charge is 2.21. The van der Waals surface area contributed by atoms with Gasteiger partial charge in [-0.25, -0.2) is 4.98 Å². The van der Waals surface area contributed by atoms with Gasteiger partial charge in [-0.2, -0.15) is 0 Å². The predicted octanol–water partition coefficient (Wildman–Crippen LogP) is 3.77. The minimum Gasteiger partial charge on any atom is -0.397 e. The largest absolute Gasteiger partial charge is 0.397 e. The fourth-order valence-corrected chi connectivity index (χ4v) is 3.55. The second-order valence-corrected chi connectivity index (χ2v) is 6.11. The molecular weight excluding hydrogens is 306 g/mol. The summed E-state index contributed by atoms with van der Waals surface area (Å²) in [5.74, 6) is -0.142. The molecule has 3 rings (SSSR count). The van der Waals surface area contributed by atoms with Crippen molar-refractivity contribution in [3.8, 4) is 0 Å². The van der Waals surface area contributed by atoms with E-state index < -0.39 is 0 Å². The van der Waals surface area contributed by atoms with E-state index in [1.807, 2.05) is 13.8 Å². The van der Waals surface area contributed by atoms with Gasteiger partial charge in [-0.05, 0) is 31.5 Å². The van der Waals surface area contributed by atoms with Gasteiger partial charge in [0.2, 0.25) is 5.78 Å². The van der Waals surface area contributed by atoms with Crippen LogP contribution in [0.1, 0.15) is 26.5 Å². The van der Waals surface area contributed by atoms with Gasteiger partial charge in [0.25, 0.3) is 0 Å². The smallest absolute Gasteiger partial charge is 0.206 e. The molecule has 0 saturated carbocycles. The molecule has 6 heteroatoms. The van der Waals surface area contributed by atoms with Crippen molar-refractivity contribution in [1.82, 2.24) is 9.97 Å². The first kappa shape index (κ1) is 14.0. The normalized spacial score (nSPS) is 11.0. The van der Waals surface area contributed by atoms with Crippen molar-refractivity contribution in [3.05, 3.63) is 51.2 Å². The summed E-state index contributed by atoms with van der Waals surface area (Å²) in [7, 11) is 0. The standard InChI is InChI=1S/C15H12ClN3OS/c1-7-10-12(17)14(13(20)9-4-3-5-18-6-9)21-15(10)19-8(2)11(7)16/h3-6H,17H2,1-2H3. The maximum Gasteiger partial charge on any atom is 0.206 e. The Morgan fingerprint density at radius 1 is 1.38 bits per heavy atom. The topological polar surface area (TPSA) is 68.9 Å². The van der Waals surface area contributed by atoms with Crippen molar-refractivity contribution in [1.29, 1.82) is 0 Å². The fraction of sp³-hybridized carbons (Fsp3) is 0.133. The minimum absolute atomic E-state index is 0.142. The lowest BCUT2D eigenvalue weighted by Gasteiger charge is -2.04. The zero-order chi connectivity index (χ0) is 15.1. The van der Waals surface area contributed by atoms with Crippen LogP contribution in [-0.2, 0) is 0 Å². The second-order valence-electron chi connectivity index (χ2n) is 4.73. The predicted molar refractivity (Wildman–Crippen MR) is 86.2 cm³/mol. The van der Waals surface area contributed by atoms with E-state index in [9.17, 15) is 4.79 Å². The molecule has 0 saturated heterocycles. The van der Waals surface area contributed by atoms with E-state index in [1.54, 1.807) is 18.3 Å². The Bertz CT molecular complexity index is 858. The Kier molecular flexibility index (Phi) is 3.39. The number of ketones is 1. The summed E-state index contributed by atoms with van der Waals surface area (Å²) >= 11 is 7.52. The number of hydrogen-bond donors (Lipinski definition) is 1. The molecule has 106 valence electrons. The number of nitrogens with zero attached hydrogens (tertiary/aromatic N) is 2. The average Bonchev–Trinajstić information content (AvgIpc) is 2.82. The maximum absolute atomic E-state index is 12.5. The first-order valence-corrected chi connectivity index (χ1v) is 7.49. The van der Waals surface area contributed by atoms with Crippen LogP contribution in [0.15, 0.2) is 24.5 Å². The number of rotatable bonds is 2. The first-order valence-electron chi connectivity index (χ1n) is 6.30. The molecule has 0 unspecified atom stereocenters. The third-order valence-corrected chi connectivity index (χ3v) is 5.00. The van der Waals surface area contributed by atoms with Gasteiger partial charge < -0.3 is 5.73 Å². The molecule has 3 aromatic heterocycles. The van der Waals surface area contributed by atoms with Gasteiger partial charge in [-0.15, -0.1) is 11.3 Å². The van der Waals surface area contributed by atoms with Crippen molar-refractivity contribution in [2.75, 3.05) is 5.73 Å². The van der Waals surface area contributed by atoms with Crippen LogP contribution in [0.25, 0.3) is 10.2 Å². The molecule has 0 amide bonds. The van der Waals surface area contributed by atoms with Crippen LogP contribution >= 0.6 is 22.9 Å². The summed E-state index contributed by atoms with van der Waals surface area (Å²) in [6.45, 7) is 3.73. The van der Waals surface area contributed by atoms with E-state index in [0.717, 1.165) is 21.5 Å². The van der Waals surface area contributed by atoms with Gasteiger partial charge in [0.1, 0.15) is 9.71 Å². The Balaban J connectivity index is 2.24. The molecule has 21 heavy (non-hydrogen) atoms. The number of fused-ring (bicyclic) bond motifs is 1. The van der Waals surface area contributed by atoms with E-state index in [1.165, 1.54) is 17.5 Å². The molecule has 0 bridgehead atoms. The number of hydrogen-bond acceptors (Lipinski definition) is 5. The highest BCUT2D eigenvalue weighted by molar-refractivity contribution is 7.21. The minimum atomic E-state index is -0.142. The number of pyridine rings is 2. The van der Waals surface area contributed by atoms with Crippen molar-refractivity contribution in [2.24, 2.45) is 0 Å². The molecule has 3 aromatic rings. The van der Waals surface area contributed by atoms with Gasteiger partial charge in [-0.3, -0.25) is 9.78 Å². The summed E-state index contributed by atoms with van der Waals surface area (Å²) in [5, 5.41) is 1.36. The number of thiophene rings is 1. The second kappa shape index (κ2) is 5.09. The zero-order valence-electron chi connectivity index (χ0n) is 11.5. The van der Waals surface area contributed by atoms with Crippen molar-refractivity contribution >= 4 is 44.6 Å². The number of aryl methyl sites for hydroxylation is 2. The molecule has 0 aliphatic heterocycles. The van der Waals surface area contributed by atoms with E-state index in [2.05, 4.69) is 9.97 Å².